The van der Waals surface area contributed by atoms with Crippen molar-refractivity contribution in [2.75, 3.05) is 54.3 Å². The summed E-state index contributed by atoms with van der Waals surface area (Å²) in [7, 11) is -11.7. The molecule has 0 aliphatic heterocycles. The summed E-state index contributed by atoms with van der Waals surface area (Å²) in [4.78, 5) is 77.2. The third kappa shape index (κ3) is 12.9. The molecule has 3 aromatic carbocycles. The molecular weight excluding hydrogens is 853 g/mol. The summed E-state index contributed by atoms with van der Waals surface area (Å²) in [6.45, 7) is -3.82. The molecule has 0 fully saturated rings. The van der Waals surface area contributed by atoms with Gasteiger partial charge in [0.2, 0.25) is 0 Å². The van der Waals surface area contributed by atoms with Crippen molar-refractivity contribution in [2.45, 2.75) is 53.6 Å². The molecule has 0 spiro atoms. The Morgan fingerprint density at radius 3 is 0.850 bits per heavy atom. The van der Waals surface area contributed by atoms with Gasteiger partial charge in [-0.15, -0.1) is 0 Å². The van der Waals surface area contributed by atoms with Gasteiger partial charge in [-0.2, -0.15) is 0 Å². The van der Waals surface area contributed by atoms with Crippen LogP contribution in [0.25, 0.3) is 0 Å². The van der Waals surface area contributed by atoms with Gasteiger partial charge in [-0.1, -0.05) is 0 Å². The number of carbonyl (C=O) groups is 3. The Kier molecular flexibility index (Phi) is 15.6. The minimum atomic E-state index is -3.90. The van der Waals surface area contributed by atoms with Gasteiger partial charge in [0.1, 0.15) is 19.8 Å². The summed E-state index contributed by atoms with van der Waals surface area (Å²) in [5, 5.41) is 0. The first-order chi connectivity index (χ1) is 28.2. The van der Waals surface area contributed by atoms with Gasteiger partial charge in [0.25, 0.3) is 0 Å². The fourth-order valence-electron chi connectivity index (χ4n) is 5.26. The molecule has 0 bridgehead atoms. The third-order valence-electron chi connectivity index (χ3n) is 8.56. The summed E-state index contributed by atoms with van der Waals surface area (Å²) in [6.07, 6.45) is -1.78. The molecule has 0 saturated heterocycles. The molecule has 6 N–H and O–H groups in total. The molecule has 0 radical (unpaired) electrons. The zero-order valence-electron chi connectivity index (χ0n) is 31.8. The predicted molar refractivity (Wildman–Crippen MR) is 215 cm³/mol. The van der Waals surface area contributed by atoms with E-state index in [9.17, 15) is 54.0 Å². The van der Waals surface area contributed by atoms with Gasteiger partial charge in [-0.05, 0) is 72.8 Å². The lowest BCUT2D eigenvalue weighted by Crippen LogP contribution is -2.55. The lowest BCUT2D eigenvalue weighted by Gasteiger charge is -2.14. The molecule has 0 unspecified atom stereocenters. The highest BCUT2D eigenvalue weighted by Gasteiger charge is 2.22. The largest absolute Gasteiger partial charge is 0.464 e. The zero-order valence-corrected chi connectivity index (χ0v) is 34.3. The lowest BCUT2D eigenvalue weighted by atomic mass is 10.3. The first-order valence-corrected chi connectivity index (χ1v) is 22.8. The molecule has 0 amide bonds. The predicted octanol–water partition coefficient (Wildman–Crippen LogP) is -0.860. The molecule has 60 heavy (non-hydrogen) atoms. The van der Waals surface area contributed by atoms with Gasteiger partial charge in [0.15, 0.2) is 29.5 Å². The molecule has 4 aromatic rings. The number of carbonyl (C=O) groups excluding carboxylic acids is 3. The van der Waals surface area contributed by atoms with Gasteiger partial charge in [-0.25, -0.2) is 53.3 Å². The summed E-state index contributed by atoms with van der Waals surface area (Å²) in [5.74, 6) is -4.88. The fraction of sp³-hybridized carbons (Fsp3) is 0.333. The van der Waals surface area contributed by atoms with Crippen molar-refractivity contribution in [2.24, 2.45) is 0 Å². The quantitative estimate of drug-likeness (QED) is 0.0520. The highest BCUT2D eigenvalue weighted by Crippen LogP contribution is 2.17. The summed E-state index contributed by atoms with van der Waals surface area (Å²) >= 11 is 0. The van der Waals surface area contributed by atoms with Crippen molar-refractivity contribution < 1.29 is 53.8 Å². The van der Waals surface area contributed by atoms with Crippen LogP contribution in [-0.4, -0.2) is 93.9 Å². The second kappa shape index (κ2) is 20.1. The van der Waals surface area contributed by atoms with Gasteiger partial charge in [0, 0.05) is 17.1 Å². The first-order valence-electron chi connectivity index (χ1n) is 17.9. The molecular formula is C36H42N6O15S3. The monoisotopic (exact) mass is 894 g/mol. The van der Waals surface area contributed by atoms with Crippen LogP contribution in [0.1, 0.15) is 19.3 Å². The van der Waals surface area contributed by atoms with Crippen LogP contribution < -0.4 is 34.3 Å². The Labute approximate surface area is 343 Å². The van der Waals surface area contributed by atoms with Gasteiger partial charge in [0.05, 0.1) is 70.8 Å². The summed E-state index contributed by atoms with van der Waals surface area (Å²) < 4.78 is 92.3. The number of nitrogen functional groups attached to an aromatic ring is 3. The van der Waals surface area contributed by atoms with Crippen molar-refractivity contribution in [3.8, 4) is 0 Å². The number of anilines is 3. The molecule has 324 valence electrons. The number of nitrogens with two attached hydrogens (primary N) is 3. The van der Waals surface area contributed by atoms with E-state index in [1.807, 2.05) is 0 Å². The van der Waals surface area contributed by atoms with Crippen LogP contribution in [0.3, 0.4) is 0 Å². The van der Waals surface area contributed by atoms with E-state index in [0.29, 0.717) is 30.8 Å². The molecule has 24 heteroatoms. The van der Waals surface area contributed by atoms with E-state index < -0.39 is 140 Å². The molecule has 0 aliphatic carbocycles. The first kappa shape index (κ1) is 46.4. The molecule has 4 rings (SSSR count). The van der Waals surface area contributed by atoms with Crippen molar-refractivity contribution in [3.05, 3.63) is 104 Å². The van der Waals surface area contributed by atoms with Crippen LogP contribution in [0.4, 0.5) is 17.1 Å². The Bertz CT molecular complexity index is 2380. The molecule has 0 saturated carbocycles. The fourth-order valence-corrected chi connectivity index (χ4v) is 8.92. The highest BCUT2D eigenvalue weighted by atomic mass is 32.2. The zero-order chi connectivity index (χ0) is 44.3. The van der Waals surface area contributed by atoms with Crippen LogP contribution in [0, 0.1) is 0 Å². The summed E-state index contributed by atoms with van der Waals surface area (Å²) in [6, 6.07) is 15.9. The molecule has 1 heterocycles. The Morgan fingerprint density at radius 1 is 0.417 bits per heavy atom. The molecule has 1 aromatic heterocycles. The normalized spacial score (nSPS) is 11.8. The van der Waals surface area contributed by atoms with Crippen molar-refractivity contribution in [1.29, 1.82) is 0 Å². The smallest absolute Gasteiger partial charge is 0.336 e. The number of sulfone groups is 3. The maximum absolute atomic E-state index is 13.4. The minimum Gasteiger partial charge on any atom is -0.464 e. The molecule has 0 atom stereocenters. The van der Waals surface area contributed by atoms with Gasteiger partial charge >= 0.3 is 35.0 Å². The van der Waals surface area contributed by atoms with Crippen molar-refractivity contribution >= 4 is 64.5 Å². The number of hydrogen-bond donors (Lipinski definition) is 3. The number of nitrogens with zero attached hydrogens (tertiary/aromatic N) is 3. The lowest BCUT2D eigenvalue weighted by molar-refractivity contribution is -0.144. The van der Waals surface area contributed by atoms with Crippen LogP contribution in [0.5, 0.6) is 0 Å². The average molecular weight is 895 g/mol. The number of hydrogen-bond acceptors (Lipinski definition) is 18. The maximum Gasteiger partial charge on any atom is 0.336 e. The number of rotatable bonds is 21. The molecule has 0 aliphatic rings. The maximum atomic E-state index is 13.4. The van der Waals surface area contributed by atoms with E-state index in [2.05, 4.69) is 0 Å². The SMILES string of the molecule is Nc1ccc(S(=O)(=O)CCC(=O)OCCn2c(=O)n(CCOC(=O)CCS(=O)(=O)c3ccc(N)cc3)c(=O)n(CCOC(=O)CCS(=O)(=O)c3ccc(N)cc3)c2=O)cc1. The Hall–Kier alpha value is -6.27. The number of ether oxygens (including phenoxy) is 3. The van der Waals surface area contributed by atoms with Crippen LogP contribution in [-0.2, 0) is 77.7 Å². The van der Waals surface area contributed by atoms with E-state index in [1.165, 1.54) is 72.8 Å². The summed E-state index contributed by atoms with van der Waals surface area (Å²) in [5.41, 5.74) is 14.1. The van der Waals surface area contributed by atoms with Gasteiger partial charge in [-0.3, -0.25) is 14.4 Å². The van der Waals surface area contributed by atoms with Crippen molar-refractivity contribution in [3.63, 3.8) is 0 Å². The second-order valence-electron chi connectivity index (χ2n) is 12.9. The number of esters is 3. The minimum absolute atomic E-state index is 0.0818. The second-order valence-corrected chi connectivity index (χ2v) is 19.2. The topological polar surface area (TPSA) is 325 Å². The third-order valence-corrected chi connectivity index (χ3v) is 13.8. The Morgan fingerprint density at radius 2 is 0.633 bits per heavy atom. The highest BCUT2D eigenvalue weighted by molar-refractivity contribution is 7.92. The van der Waals surface area contributed by atoms with Crippen LogP contribution in [0.15, 0.2) is 102 Å². The van der Waals surface area contributed by atoms with E-state index in [-0.39, 0.29) is 14.7 Å². The number of benzene rings is 3. The van der Waals surface area contributed by atoms with Crippen LogP contribution >= 0.6 is 0 Å². The van der Waals surface area contributed by atoms with Gasteiger partial charge < -0.3 is 31.4 Å². The van der Waals surface area contributed by atoms with Crippen LogP contribution in [0.2, 0.25) is 0 Å². The van der Waals surface area contributed by atoms with Crippen molar-refractivity contribution in [1.82, 2.24) is 13.7 Å². The molecule has 21 nitrogen and oxygen atoms in total. The van der Waals surface area contributed by atoms with E-state index >= 15 is 0 Å². The van der Waals surface area contributed by atoms with E-state index in [0.717, 1.165) is 0 Å². The Balaban J connectivity index is 1.43. The number of aromatic nitrogens is 3. The average Bonchev–Trinajstić information content (AvgIpc) is 3.20. The van der Waals surface area contributed by atoms with E-state index in [4.69, 9.17) is 31.4 Å². The standard InChI is InChI=1S/C36H42N6O15S3/c37-25-1-7-28(8-2-25)58(49,50)22-13-31(43)55-19-16-40-34(46)41(17-20-56-32(44)14-23-59(51,52)29-9-3-26(38)4-10-29)36(48)42(35(40)47)18-21-57-33(45)15-24-60(53,54)30-11-5-27(39)6-12-30/h1-12H,13-24,37-39H2. The van der Waals surface area contributed by atoms with E-state index in [1.54, 1.807) is 0 Å².